The van der Waals surface area contributed by atoms with Crippen LogP contribution in [0.25, 0.3) is 0 Å². The molecule has 1 heteroatoms. The van der Waals surface area contributed by atoms with Crippen LogP contribution in [0.15, 0.2) is 0 Å². The lowest BCUT2D eigenvalue weighted by atomic mass is 9.92. The monoisotopic (exact) mass is 181 g/mol. The van der Waals surface area contributed by atoms with Crippen LogP contribution in [0.1, 0.15) is 46.5 Å². The molecule has 0 aromatic carbocycles. The molecule has 13 heavy (non-hydrogen) atoms. The van der Waals surface area contributed by atoms with Gasteiger partial charge < -0.3 is 4.90 Å². The molecule has 1 aliphatic heterocycles. The van der Waals surface area contributed by atoms with Crippen molar-refractivity contribution in [1.82, 2.24) is 4.90 Å². The Morgan fingerprint density at radius 1 is 1.23 bits per heavy atom. The van der Waals surface area contributed by atoms with E-state index in [0.717, 1.165) is 17.4 Å². The molecule has 0 radical (unpaired) electrons. The second kappa shape index (κ2) is 3.27. The van der Waals surface area contributed by atoms with E-state index < -0.39 is 0 Å². The molecule has 0 N–H and O–H groups in total. The van der Waals surface area contributed by atoms with E-state index in [4.69, 9.17) is 0 Å². The first-order valence-corrected chi connectivity index (χ1v) is 5.85. The molecule has 2 aliphatic rings. The summed E-state index contributed by atoms with van der Waals surface area (Å²) in [5.74, 6) is 0.924. The molecule has 0 amide bonds. The summed E-state index contributed by atoms with van der Waals surface area (Å²) in [6.45, 7) is 9.78. The van der Waals surface area contributed by atoms with Gasteiger partial charge in [0, 0.05) is 12.6 Å². The van der Waals surface area contributed by atoms with Crippen molar-refractivity contribution in [3.8, 4) is 0 Å². The van der Waals surface area contributed by atoms with Crippen LogP contribution < -0.4 is 0 Å². The SMILES string of the molecule is CC1CN(C(C)C)CCC2(CC2)C1. The Morgan fingerprint density at radius 3 is 2.46 bits per heavy atom. The maximum atomic E-state index is 2.66. The van der Waals surface area contributed by atoms with Crippen LogP contribution in [0.4, 0.5) is 0 Å². The van der Waals surface area contributed by atoms with Gasteiger partial charge in [0.05, 0.1) is 0 Å². The van der Waals surface area contributed by atoms with Crippen LogP contribution in [-0.2, 0) is 0 Å². The Morgan fingerprint density at radius 2 is 1.92 bits per heavy atom. The fourth-order valence-corrected chi connectivity index (χ4v) is 2.88. The third-order valence-corrected chi connectivity index (χ3v) is 3.94. The fourth-order valence-electron chi connectivity index (χ4n) is 2.88. The normalized spacial score (nSPS) is 33.7. The molecular weight excluding hydrogens is 158 g/mol. The van der Waals surface area contributed by atoms with Crippen molar-refractivity contribution in [3.05, 3.63) is 0 Å². The highest BCUT2D eigenvalue weighted by molar-refractivity contribution is 4.96. The molecule has 76 valence electrons. The molecule has 0 aromatic rings. The first-order valence-electron chi connectivity index (χ1n) is 5.85. The van der Waals surface area contributed by atoms with Gasteiger partial charge >= 0.3 is 0 Å². The van der Waals surface area contributed by atoms with Crippen molar-refractivity contribution in [2.75, 3.05) is 13.1 Å². The molecule has 0 bridgehead atoms. The highest BCUT2D eigenvalue weighted by Crippen LogP contribution is 2.54. The van der Waals surface area contributed by atoms with Crippen LogP contribution in [0.3, 0.4) is 0 Å². The van der Waals surface area contributed by atoms with E-state index in [-0.39, 0.29) is 0 Å². The Kier molecular flexibility index (Phi) is 2.39. The predicted molar refractivity (Wildman–Crippen MR) is 56.8 cm³/mol. The van der Waals surface area contributed by atoms with Gasteiger partial charge in [0.15, 0.2) is 0 Å². The van der Waals surface area contributed by atoms with Gasteiger partial charge in [0.2, 0.25) is 0 Å². The van der Waals surface area contributed by atoms with Crippen LogP contribution in [0, 0.1) is 11.3 Å². The third kappa shape index (κ3) is 2.07. The maximum Gasteiger partial charge on any atom is 0.00387 e. The Balaban J connectivity index is 1.97. The summed E-state index contributed by atoms with van der Waals surface area (Å²) in [4.78, 5) is 2.66. The second-order valence-electron chi connectivity index (χ2n) is 5.65. The fraction of sp³-hybridized carbons (Fsp3) is 1.00. The van der Waals surface area contributed by atoms with Crippen molar-refractivity contribution >= 4 is 0 Å². The van der Waals surface area contributed by atoms with Crippen LogP contribution in [0.5, 0.6) is 0 Å². The van der Waals surface area contributed by atoms with Crippen molar-refractivity contribution in [2.45, 2.75) is 52.5 Å². The molecule has 1 aliphatic carbocycles. The van der Waals surface area contributed by atoms with Gasteiger partial charge in [-0.25, -0.2) is 0 Å². The molecule has 1 unspecified atom stereocenters. The molecular formula is C12H23N. The minimum Gasteiger partial charge on any atom is -0.301 e. The zero-order chi connectivity index (χ0) is 9.47. The van der Waals surface area contributed by atoms with Crippen LogP contribution in [-0.4, -0.2) is 24.0 Å². The maximum absolute atomic E-state index is 2.66. The summed E-state index contributed by atoms with van der Waals surface area (Å²) in [5, 5.41) is 0. The van der Waals surface area contributed by atoms with E-state index in [1.165, 1.54) is 38.8 Å². The average molecular weight is 181 g/mol. The van der Waals surface area contributed by atoms with Gasteiger partial charge in [0.1, 0.15) is 0 Å². The minimum absolute atomic E-state index is 0.747. The third-order valence-electron chi connectivity index (χ3n) is 3.94. The summed E-state index contributed by atoms with van der Waals surface area (Å²) in [6, 6.07) is 0.747. The smallest absolute Gasteiger partial charge is 0.00387 e. The standard InChI is InChI=1S/C12H23N/c1-10(2)13-7-6-12(4-5-12)8-11(3)9-13/h10-11H,4-9H2,1-3H3. The summed E-state index contributed by atoms with van der Waals surface area (Å²) < 4.78 is 0. The second-order valence-corrected chi connectivity index (χ2v) is 5.65. The van der Waals surface area contributed by atoms with Gasteiger partial charge in [-0.1, -0.05) is 6.92 Å². The van der Waals surface area contributed by atoms with E-state index in [9.17, 15) is 0 Å². The van der Waals surface area contributed by atoms with Crippen LogP contribution >= 0.6 is 0 Å². The lowest BCUT2D eigenvalue weighted by Crippen LogP contribution is -2.33. The van der Waals surface area contributed by atoms with Gasteiger partial charge in [-0.15, -0.1) is 0 Å². The molecule has 1 spiro atoms. The van der Waals surface area contributed by atoms with Crippen molar-refractivity contribution in [3.63, 3.8) is 0 Å². The van der Waals surface area contributed by atoms with E-state index >= 15 is 0 Å². The lowest BCUT2D eigenvalue weighted by Gasteiger charge is -2.26. The summed E-state index contributed by atoms with van der Waals surface area (Å²) >= 11 is 0. The number of hydrogen-bond donors (Lipinski definition) is 0. The molecule has 1 nitrogen and oxygen atoms in total. The van der Waals surface area contributed by atoms with Crippen LogP contribution in [0.2, 0.25) is 0 Å². The first-order chi connectivity index (χ1) is 6.11. The molecule has 2 fully saturated rings. The number of hydrogen-bond acceptors (Lipinski definition) is 1. The van der Waals surface area contributed by atoms with Gasteiger partial charge in [-0.3, -0.25) is 0 Å². The largest absolute Gasteiger partial charge is 0.301 e. The average Bonchev–Trinajstić information content (AvgIpc) is 2.80. The van der Waals surface area contributed by atoms with Gasteiger partial charge in [-0.05, 0) is 57.4 Å². The molecule has 1 saturated carbocycles. The molecule has 1 heterocycles. The number of rotatable bonds is 1. The van der Waals surface area contributed by atoms with Crippen molar-refractivity contribution in [1.29, 1.82) is 0 Å². The van der Waals surface area contributed by atoms with Crippen molar-refractivity contribution in [2.24, 2.45) is 11.3 Å². The molecule has 1 saturated heterocycles. The van der Waals surface area contributed by atoms with Crippen molar-refractivity contribution < 1.29 is 0 Å². The molecule has 0 aromatic heterocycles. The van der Waals surface area contributed by atoms with E-state index in [2.05, 4.69) is 25.7 Å². The topological polar surface area (TPSA) is 3.24 Å². The number of nitrogens with zero attached hydrogens (tertiary/aromatic N) is 1. The minimum atomic E-state index is 0.747. The van der Waals surface area contributed by atoms with E-state index in [1.807, 2.05) is 0 Å². The Bertz CT molecular complexity index is 182. The quantitative estimate of drug-likeness (QED) is 0.601. The summed E-state index contributed by atoms with van der Waals surface area (Å²) in [5.41, 5.74) is 0.809. The zero-order valence-corrected chi connectivity index (χ0v) is 9.34. The van der Waals surface area contributed by atoms with Gasteiger partial charge in [-0.2, -0.15) is 0 Å². The lowest BCUT2D eigenvalue weighted by molar-refractivity contribution is 0.207. The number of likely N-dealkylation sites (tertiary alicyclic amines) is 1. The Hall–Kier alpha value is -0.0400. The highest BCUT2D eigenvalue weighted by Gasteiger charge is 2.44. The summed E-state index contributed by atoms with van der Waals surface area (Å²) in [7, 11) is 0. The van der Waals surface area contributed by atoms with E-state index in [1.54, 1.807) is 0 Å². The molecule has 1 atom stereocenters. The van der Waals surface area contributed by atoms with E-state index in [0.29, 0.717) is 0 Å². The van der Waals surface area contributed by atoms with Gasteiger partial charge in [0.25, 0.3) is 0 Å². The first kappa shape index (κ1) is 9.51. The predicted octanol–water partition coefficient (Wildman–Crippen LogP) is 2.91. The zero-order valence-electron chi connectivity index (χ0n) is 9.34. The Labute approximate surface area is 82.5 Å². The highest BCUT2D eigenvalue weighted by atomic mass is 15.1. The molecule has 2 rings (SSSR count). The summed E-state index contributed by atoms with van der Waals surface area (Å²) in [6.07, 6.45) is 6.00.